The molecule has 8 heteroatoms. The molecule has 0 unspecified atom stereocenters. The Bertz CT molecular complexity index is 1110. The molecule has 0 radical (unpaired) electrons. The molecule has 1 aromatic carbocycles. The van der Waals surface area contributed by atoms with Gasteiger partial charge in [-0.25, -0.2) is 4.98 Å². The molecule has 146 valence electrons. The van der Waals surface area contributed by atoms with Gasteiger partial charge in [-0.15, -0.1) is 0 Å². The molecule has 1 saturated heterocycles. The van der Waals surface area contributed by atoms with E-state index in [9.17, 15) is 0 Å². The number of nitrogens with zero attached hydrogens (tertiary/aromatic N) is 7. The fraction of sp³-hybridized carbons (Fsp3) is 0.238. The maximum Gasteiger partial charge on any atom is 0.229 e. The molecule has 1 aliphatic heterocycles. The molecular weight excluding hydrogens is 364 g/mol. The molecule has 4 aromatic rings. The summed E-state index contributed by atoms with van der Waals surface area (Å²) in [5.41, 5.74) is 9.76. The maximum atomic E-state index is 6.24. The predicted octanol–water partition coefficient (Wildman–Crippen LogP) is 2.51. The van der Waals surface area contributed by atoms with Gasteiger partial charge < -0.3 is 15.5 Å². The molecule has 0 spiro atoms. The fourth-order valence-electron chi connectivity index (χ4n) is 3.76. The van der Waals surface area contributed by atoms with Crippen LogP contribution in [0.15, 0.2) is 61.2 Å². The zero-order valence-electron chi connectivity index (χ0n) is 16.0. The van der Waals surface area contributed by atoms with Gasteiger partial charge in [0.1, 0.15) is 6.33 Å². The van der Waals surface area contributed by atoms with Gasteiger partial charge in [0.15, 0.2) is 17.0 Å². The molecule has 1 aliphatic rings. The largest absolute Gasteiger partial charge is 0.382 e. The Kier molecular flexibility index (Phi) is 4.44. The molecule has 29 heavy (non-hydrogen) atoms. The Labute approximate surface area is 168 Å². The average Bonchev–Trinajstić information content (AvgIpc) is 3.05. The smallest absolute Gasteiger partial charge is 0.229 e. The van der Waals surface area contributed by atoms with Gasteiger partial charge in [0, 0.05) is 44.3 Å². The van der Waals surface area contributed by atoms with Gasteiger partial charge in [-0.2, -0.15) is 9.97 Å². The third-order valence-electron chi connectivity index (χ3n) is 5.25. The second-order valence-corrected chi connectivity index (χ2v) is 7.06. The number of nitrogen functional groups attached to an aromatic ring is 1. The van der Waals surface area contributed by atoms with E-state index in [0.717, 1.165) is 38.3 Å². The Morgan fingerprint density at radius 2 is 1.55 bits per heavy atom. The first-order valence-corrected chi connectivity index (χ1v) is 9.75. The second kappa shape index (κ2) is 7.38. The van der Waals surface area contributed by atoms with E-state index in [0.29, 0.717) is 22.9 Å². The van der Waals surface area contributed by atoms with E-state index in [4.69, 9.17) is 10.7 Å². The van der Waals surface area contributed by atoms with E-state index < -0.39 is 0 Å². The minimum atomic E-state index is 0.405. The predicted molar refractivity (Wildman–Crippen MR) is 114 cm³/mol. The minimum absolute atomic E-state index is 0.405. The first kappa shape index (κ1) is 17.4. The highest BCUT2D eigenvalue weighted by molar-refractivity contribution is 5.84. The average molecular weight is 386 g/mol. The molecular formula is C21H22N8. The summed E-state index contributed by atoms with van der Waals surface area (Å²) >= 11 is 0. The molecule has 0 saturated carbocycles. The minimum Gasteiger partial charge on any atom is -0.382 e. The Hall–Kier alpha value is -3.68. The lowest BCUT2D eigenvalue weighted by Gasteiger charge is -2.23. The van der Waals surface area contributed by atoms with Crippen LogP contribution in [0.1, 0.15) is 6.42 Å². The maximum absolute atomic E-state index is 6.24. The highest BCUT2D eigenvalue weighted by Gasteiger charge is 2.20. The van der Waals surface area contributed by atoms with Crippen molar-refractivity contribution in [2.45, 2.75) is 6.42 Å². The lowest BCUT2D eigenvalue weighted by molar-refractivity contribution is 0.785. The third kappa shape index (κ3) is 3.33. The number of para-hydroxylation sites is 1. The van der Waals surface area contributed by atoms with E-state index in [-0.39, 0.29) is 0 Å². The first-order chi connectivity index (χ1) is 14.3. The summed E-state index contributed by atoms with van der Waals surface area (Å²) in [7, 11) is 0. The standard InChI is InChI=1S/C21H22N8/c22-19-18-20(29(15-24-18)17-7-9-23-10-8-17)26-21(25-19)28-12-4-11-27(13-14-28)16-5-2-1-3-6-16/h1-3,5-10,15H,4,11-14H2,(H2,22,25,26). The van der Waals surface area contributed by atoms with E-state index >= 15 is 0 Å². The Morgan fingerprint density at radius 1 is 0.793 bits per heavy atom. The number of hydrogen-bond acceptors (Lipinski definition) is 7. The lowest BCUT2D eigenvalue weighted by atomic mass is 10.3. The lowest BCUT2D eigenvalue weighted by Crippen LogP contribution is -2.31. The van der Waals surface area contributed by atoms with Crippen LogP contribution < -0.4 is 15.5 Å². The number of hydrogen-bond donors (Lipinski definition) is 1. The molecule has 2 N–H and O–H groups in total. The van der Waals surface area contributed by atoms with Crippen LogP contribution in [0.5, 0.6) is 0 Å². The summed E-state index contributed by atoms with van der Waals surface area (Å²) in [6.45, 7) is 3.64. The molecule has 0 amide bonds. The van der Waals surface area contributed by atoms with Crippen LogP contribution in [0.3, 0.4) is 0 Å². The number of fused-ring (bicyclic) bond motifs is 1. The summed E-state index contributed by atoms with van der Waals surface area (Å²) in [5.74, 6) is 1.06. The summed E-state index contributed by atoms with van der Waals surface area (Å²) in [6, 6.07) is 14.4. The van der Waals surface area contributed by atoms with Gasteiger partial charge in [-0.1, -0.05) is 18.2 Å². The third-order valence-corrected chi connectivity index (χ3v) is 5.25. The Balaban J connectivity index is 1.46. The van der Waals surface area contributed by atoms with Crippen molar-refractivity contribution in [3.63, 3.8) is 0 Å². The first-order valence-electron chi connectivity index (χ1n) is 9.75. The number of nitrogens with two attached hydrogens (primary N) is 1. The molecule has 0 aliphatic carbocycles. The quantitative estimate of drug-likeness (QED) is 0.579. The van der Waals surface area contributed by atoms with Crippen molar-refractivity contribution in [2.75, 3.05) is 41.7 Å². The van der Waals surface area contributed by atoms with E-state index in [1.807, 2.05) is 22.8 Å². The van der Waals surface area contributed by atoms with Gasteiger partial charge in [0.2, 0.25) is 5.95 Å². The van der Waals surface area contributed by atoms with Crippen LogP contribution in [0.25, 0.3) is 16.9 Å². The van der Waals surface area contributed by atoms with Gasteiger partial charge in [0.05, 0.1) is 5.69 Å². The number of imidazole rings is 1. The topological polar surface area (TPSA) is 89.0 Å². The summed E-state index contributed by atoms with van der Waals surface area (Å²) in [4.78, 5) is 22.5. The van der Waals surface area contributed by atoms with Gasteiger partial charge >= 0.3 is 0 Å². The van der Waals surface area contributed by atoms with Crippen molar-refractivity contribution >= 4 is 28.6 Å². The van der Waals surface area contributed by atoms with Crippen molar-refractivity contribution in [3.8, 4) is 5.69 Å². The van der Waals surface area contributed by atoms with Gasteiger partial charge in [-0.05, 0) is 30.7 Å². The highest BCUT2D eigenvalue weighted by Crippen LogP contribution is 2.24. The number of pyridine rings is 1. The van der Waals surface area contributed by atoms with E-state index in [1.54, 1.807) is 18.7 Å². The number of benzene rings is 1. The molecule has 5 rings (SSSR count). The zero-order chi connectivity index (χ0) is 19.6. The van der Waals surface area contributed by atoms with Crippen LogP contribution in [0, 0.1) is 0 Å². The van der Waals surface area contributed by atoms with E-state index in [1.165, 1.54) is 5.69 Å². The second-order valence-electron chi connectivity index (χ2n) is 7.06. The molecule has 0 atom stereocenters. The van der Waals surface area contributed by atoms with Crippen LogP contribution in [-0.4, -0.2) is 50.7 Å². The molecule has 3 aromatic heterocycles. The number of anilines is 3. The van der Waals surface area contributed by atoms with Gasteiger partial charge in [0.25, 0.3) is 0 Å². The number of aromatic nitrogens is 5. The van der Waals surface area contributed by atoms with Gasteiger partial charge in [-0.3, -0.25) is 9.55 Å². The van der Waals surface area contributed by atoms with Crippen molar-refractivity contribution < 1.29 is 0 Å². The molecule has 1 fully saturated rings. The summed E-state index contributed by atoms with van der Waals surface area (Å²) < 4.78 is 1.92. The molecule has 0 bridgehead atoms. The highest BCUT2D eigenvalue weighted by atomic mass is 15.3. The molecule has 4 heterocycles. The van der Waals surface area contributed by atoms with E-state index in [2.05, 4.69) is 49.0 Å². The van der Waals surface area contributed by atoms with Crippen LogP contribution >= 0.6 is 0 Å². The van der Waals surface area contributed by atoms with Crippen molar-refractivity contribution in [3.05, 3.63) is 61.2 Å². The normalized spacial score (nSPS) is 14.9. The van der Waals surface area contributed by atoms with Crippen molar-refractivity contribution in [1.82, 2.24) is 24.5 Å². The zero-order valence-corrected chi connectivity index (χ0v) is 16.0. The van der Waals surface area contributed by atoms with Crippen LogP contribution in [0.4, 0.5) is 17.5 Å². The summed E-state index contributed by atoms with van der Waals surface area (Å²) in [5, 5.41) is 0. The van der Waals surface area contributed by atoms with Crippen molar-refractivity contribution in [2.24, 2.45) is 0 Å². The van der Waals surface area contributed by atoms with Crippen molar-refractivity contribution in [1.29, 1.82) is 0 Å². The number of rotatable bonds is 3. The van der Waals surface area contributed by atoms with Crippen LogP contribution in [0.2, 0.25) is 0 Å². The van der Waals surface area contributed by atoms with Crippen LogP contribution in [-0.2, 0) is 0 Å². The monoisotopic (exact) mass is 386 g/mol. The Morgan fingerprint density at radius 3 is 2.38 bits per heavy atom. The molecule has 8 nitrogen and oxygen atoms in total. The summed E-state index contributed by atoms with van der Waals surface area (Å²) in [6.07, 6.45) is 6.26. The fourth-order valence-corrected chi connectivity index (χ4v) is 3.76. The SMILES string of the molecule is Nc1nc(N2CCCN(c3ccccc3)CC2)nc2c1ncn2-c1ccncc1.